The van der Waals surface area contributed by atoms with Crippen LogP contribution in [0.15, 0.2) is 54.6 Å². The molecule has 0 aromatic heterocycles. The summed E-state index contributed by atoms with van der Waals surface area (Å²) in [6.45, 7) is 3.73. The number of hydrogen-bond acceptors (Lipinski definition) is 3. The van der Waals surface area contributed by atoms with Gasteiger partial charge in [0.2, 0.25) is 0 Å². The van der Waals surface area contributed by atoms with Gasteiger partial charge in [-0.2, -0.15) is 0 Å². The van der Waals surface area contributed by atoms with Gasteiger partial charge < -0.3 is 10.6 Å². The van der Waals surface area contributed by atoms with Crippen LogP contribution in [0.4, 0.5) is 10.5 Å². The molecule has 0 unspecified atom stereocenters. The van der Waals surface area contributed by atoms with Crippen molar-refractivity contribution < 1.29 is 13.2 Å². The molecule has 0 aliphatic rings. The Kier molecular flexibility index (Phi) is 5.98. The van der Waals surface area contributed by atoms with Gasteiger partial charge in [0, 0.05) is 11.7 Å². The van der Waals surface area contributed by atoms with Crippen LogP contribution in [-0.4, -0.2) is 20.5 Å². The van der Waals surface area contributed by atoms with Crippen LogP contribution in [0.2, 0.25) is 0 Å². The zero-order valence-electron chi connectivity index (χ0n) is 13.8. The minimum atomic E-state index is -3.28. The highest BCUT2D eigenvalue weighted by atomic mass is 32.2. The van der Waals surface area contributed by atoms with Crippen LogP contribution in [-0.2, 0) is 21.3 Å². The van der Waals surface area contributed by atoms with Gasteiger partial charge in [-0.05, 0) is 37.1 Å². The molecular formula is C18H22N2O3S. The molecule has 0 radical (unpaired) electrons. The van der Waals surface area contributed by atoms with Gasteiger partial charge in [-0.1, -0.05) is 42.5 Å². The molecule has 0 saturated heterocycles. The lowest BCUT2D eigenvalue weighted by atomic mass is 10.2. The van der Waals surface area contributed by atoms with E-state index in [0.29, 0.717) is 11.3 Å². The predicted molar refractivity (Wildman–Crippen MR) is 96.5 cm³/mol. The van der Waals surface area contributed by atoms with Crippen LogP contribution < -0.4 is 10.6 Å². The van der Waals surface area contributed by atoms with Gasteiger partial charge in [0.05, 0.1) is 11.5 Å². The smallest absolute Gasteiger partial charge is 0.319 e. The number of hydrogen-bond donors (Lipinski definition) is 2. The van der Waals surface area contributed by atoms with E-state index in [2.05, 4.69) is 10.6 Å². The average molecular weight is 346 g/mol. The number of rotatable bonds is 6. The van der Waals surface area contributed by atoms with E-state index in [1.54, 1.807) is 36.4 Å². The second kappa shape index (κ2) is 7.97. The molecule has 2 N–H and O–H groups in total. The van der Waals surface area contributed by atoms with E-state index < -0.39 is 9.84 Å². The zero-order chi connectivity index (χ0) is 17.6. The van der Waals surface area contributed by atoms with Crippen molar-refractivity contribution in [2.75, 3.05) is 5.32 Å². The first-order chi connectivity index (χ1) is 11.3. The van der Waals surface area contributed by atoms with Crippen LogP contribution in [0.25, 0.3) is 0 Å². The van der Waals surface area contributed by atoms with E-state index in [4.69, 9.17) is 0 Å². The normalized spacial score (nSPS) is 11.3. The molecule has 5 nitrogen and oxygen atoms in total. The van der Waals surface area contributed by atoms with Crippen LogP contribution in [0.3, 0.4) is 0 Å². The summed E-state index contributed by atoms with van der Waals surface area (Å²) in [6.07, 6.45) is 0. The number of urea groups is 1. The van der Waals surface area contributed by atoms with E-state index in [9.17, 15) is 13.2 Å². The number of anilines is 1. The Morgan fingerprint density at radius 2 is 1.58 bits per heavy atom. The van der Waals surface area contributed by atoms with Gasteiger partial charge in [-0.25, -0.2) is 13.2 Å². The quantitative estimate of drug-likeness (QED) is 0.842. The average Bonchev–Trinajstić information content (AvgIpc) is 2.46. The molecule has 24 heavy (non-hydrogen) atoms. The summed E-state index contributed by atoms with van der Waals surface area (Å²) >= 11 is 0. The third kappa shape index (κ3) is 6.04. The van der Waals surface area contributed by atoms with Crippen LogP contribution >= 0.6 is 0 Å². The molecule has 2 aromatic rings. The molecule has 0 spiro atoms. The molecule has 2 aromatic carbocycles. The van der Waals surface area contributed by atoms with E-state index in [0.717, 1.165) is 5.56 Å². The highest BCUT2D eigenvalue weighted by Gasteiger charge is 2.14. The Balaban J connectivity index is 2.04. The van der Waals surface area contributed by atoms with Crippen molar-refractivity contribution in [3.05, 3.63) is 65.7 Å². The number of carbonyl (C=O) groups excluding carboxylic acids is 1. The monoisotopic (exact) mass is 346 g/mol. The van der Waals surface area contributed by atoms with Crippen molar-refractivity contribution in [3.8, 4) is 0 Å². The van der Waals surface area contributed by atoms with Gasteiger partial charge in [0.1, 0.15) is 0 Å². The Bertz CT molecular complexity index is 787. The Morgan fingerprint density at radius 1 is 0.958 bits per heavy atom. The number of benzene rings is 2. The van der Waals surface area contributed by atoms with E-state index >= 15 is 0 Å². The van der Waals surface area contributed by atoms with Crippen molar-refractivity contribution in [2.24, 2.45) is 0 Å². The summed E-state index contributed by atoms with van der Waals surface area (Å²) in [4.78, 5) is 11.7. The Hall–Kier alpha value is -2.34. The first-order valence-electron chi connectivity index (χ1n) is 7.75. The molecular weight excluding hydrogens is 324 g/mol. The second-order valence-electron chi connectivity index (χ2n) is 5.97. The number of sulfone groups is 1. The van der Waals surface area contributed by atoms with Crippen LogP contribution in [0.5, 0.6) is 0 Å². The molecule has 128 valence electrons. The summed E-state index contributed by atoms with van der Waals surface area (Å²) < 4.78 is 24.7. The standard InChI is InChI=1S/C18H22N2O3S/c1-14(2)19-18(21)20-17-10-6-9-16(11-17)13-24(22,23)12-15-7-4-3-5-8-15/h3-11,14H,12-13H2,1-2H3,(H2,19,20,21). The van der Waals surface area contributed by atoms with Crippen molar-refractivity contribution in [1.29, 1.82) is 0 Å². The Morgan fingerprint density at radius 3 is 2.25 bits per heavy atom. The number of nitrogens with one attached hydrogen (secondary N) is 2. The third-order valence-electron chi connectivity index (χ3n) is 3.22. The maximum Gasteiger partial charge on any atom is 0.319 e. The molecule has 0 saturated carbocycles. The summed E-state index contributed by atoms with van der Waals surface area (Å²) in [5.74, 6) is -0.0669. The minimum Gasteiger partial charge on any atom is -0.336 e. The molecule has 6 heteroatoms. The van der Waals surface area contributed by atoms with Gasteiger partial charge in [-0.15, -0.1) is 0 Å². The SMILES string of the molecule is CC(C)NC(=O)Nc1cccc(CS(=O)(=O)Cc2ccccc2)c1. The van der Waals surface area contributed by atoms with Gasteiger partial charge >= 0.3 is 6.03 Å². The summed E-state index contributed by atoms with van der Waals surface area (Å²) in [6, 6.07) is 15.7. The number of carbonyl (C=O) groups is 1. The fourth-order valence-electron chi connectivity index (χ4n) is 2.30. The first kappa shape index (κ1) is 18.0. The largest absolute Gasteiger partial charge is 0.336 e. The van der Waals surface area contributed by atoms with Gasteiger partial charge in [0.25, 0.3) is 0 Å². The van der Waals surface area contributed by atoms with Crippen molar-refractivity contribution in [2.45, 2.75) is 31.4 Å². The maximum absolute atomic E-state index is 12.3. The fourth-order valence-corrected chi connectivity index (χ4v) is 3.79. The summed E-state index contributed by atoms with van der Waals surface area (Å²) in [5.41, 5.74) is 1.98. The number of amides is 2. The van der Waals surface area contributed by atoms with Crippen LogP contribution in [0, 0.1) is 0 Å². The molecule has 0 heterocycles. The Labute approximate surface area is 143 Å². The van der Waals surface area contributed by atoms with Crippen molar-refractivity contribution in [1.82, 2.24) is 5.32 Å². The van der Waals surface area contributed by atoms with E-state index in [-0.39, 0.29) is 23.6 Å². The second-order valence-corrected chi connectivity index (χ2v) is 8.04. The molecule has 0 bridgehead atoms. The predicted octanol–water partition coefficient (Wildman–Crippen LogP) is 3.33. The topological polar surface area (TPSA) is 75.3 Å². The highest BCUT2D eigenvalue weighted by molar-refractivity contribution is 7.89. The molecule has 2 rings (SSSR count). The molecule has 2 amide bonds. The first-order valence-corrected chi connectivity index (χ1v) is 9.57. The fraction of sp³-hybridized carbons (Fsp3) is 0.278. The van der Waals surface area contributed by atoms with Crippen LogP contribution in [0.1, 0.15) is 25.0 Å². The lowest BCUT2D eigenvalue weighted by molar-refractivity contribution is 0.250. The molecule has 0 fully saturated rings. The molecule has 0 atom stereocenters. The van der Waals surface area contributed by atoms with E-state index in [1.807, 2.05) is 32.0 Å². The lowest BCUT2D eigenvalue weighted by Crippen LogP contribution is -2.34. The zero-order valence-corrected chi connectivity index (χ0v) is 14.6. The highest BCUT2D eigenvalue weighted by Crippen LogP contribution is 2.16. The van der Waals surface area contributed by atoms with Crippen molar-refractivity contribution >= 4 is 21.6 Å². The summed E-state index contributed by atoms with van der Waals surface area (Å²) in [5, 5.41) is 5.43. The van der Waals surface area contributed by atoms with Gasteiger partial charge in [0.15, 0.2) is 9.84 Å². The van der Waals surface area contributed by atoms with E-state index in [1.165, 1.54) is 0 Å². The third-order valence-corrected chi connectivity index (χ3v) is 4.77. The maximum atomic E-state index is 12.3. The lowest BCUT2D eigenvalue weighted by Gasteiger charge is -2.11. The minimum absolute atomic E-state index is 0.000663. The molecule has 0 aliphatic carbocycles. The van der Waals surface area contributed by atoms with Gasteiger partial charge in [-0.3, -0.25) is 0 Å². The molecule has 0 aliphatic heterocycles. The van der Waals surface area contributed by atoms with Crippen molar-refractivity contribution in [3.63, 3.8) is 0 Å². The summed E-state index contributed by atoms with van der Waals surface area (Å²) in [7, 11) is -3.28.